The minimum absolute atomic E-state index is 0.0408. The van der Waals surface area contributed by atoms with Crippen molar-refractivity contribution in [2.75, 3.05) is 20.2 Å². The van der Waals surface area contributed by atoms with Crippen molar-refractivity contribution in [3.05, 3.63) is 66.0 Å². The van der Waals surface area contributed by atoms with Crippen LogP contribution >= 0.6 is 0 Å². The molecular formula is C29H29N5O6. The summed E-state index contributed by atoms with van der Waals surface area (Å²) in [6, 6.07) is 11.6. The second-order valence-electron chi connectivity index (χ2n) is 9.66. The Labute approximate surface area is 230 Å². The summed E-state index contributed by atoms with van der Waals surface area (Å²) in [6.45, 7) is -0.0793. The van der Waals surface area contributed by atoms with Crippen LogP contribution in [0.2, 0.25) is 0 Å². The molecule has 11 nitrogen and oxygen atoms in total. The number of hydrogen-bond acceptors (Lipinski definition) is 7. The lowest BCUT2D eigenvalue weighted by Gasteiger charge is -2.19. The number of fused-ring (bicyclic) bond motifs is 6. The standard InChI is InChI=1S/C29H29N5O6/c1-40-29(39)21-15-19-18-9-4-5-10-22(18)34(23-11-6-7-13-30-23)27(19)20-16-26(37)33(28(20)38)14-8-2-3-12-24(35)31-17-25(36)32-21/h4-7,9-11,13,16,21H,2-3,8,12,14-15,17H2,1H3,(H,31,35)(H,32,36)/t21-/m0/s1. The second-order valence-corrected chi connectivity index (χ2v) is 9.66. The fourth-order valence-corrected chi connectivity index (χ4v) is 5.19. The number of amides is 4. The summed E-state index contributed by atoms with van der Waals surface area (Å²) in [7, 11) is 1.22. The normalized spacial score (nSPS) is 19.0. The fourth-order valence-electron chi connectivity index (χ4n) is 5.19. The van der Waals surface area contributed by atoms with E-state index in [2.05, 4.69) is 15.6 Å². The molecule has 2 aromatic heterocycles. The lowest BCUT2D eigenvalue weighted by molar-refractivity contribution is -0.145. The van der Waals surface area contributed by atoms with E-state index in [1.165, 1.54) is 18.1 Å². The average Bonchev–Trinajstić information content (AvgIpc) is 3.43. The van der Waals surface area contributed by atoms with Gasteiger partial charge in [-0.1, -0.05) is 30.7 Å². The van der Waals surface area contributed by atoms with Gasteiger partial charge in [0.2, 0.25) is 11.8 Å². The Kier molecular flexibility index (Phi) is 7.72. The maximum atomic E-state index is 13.7. The number of ether oxygens (including phenoxy) is 1. The Morgan fingerprint density at radius 1 is 1.00 bits per heavy atom. The smallest absolute Gasteiger partial charge is 0.328 e. The van der Waals surface area contributed by atoms with Gasteiger partial charge >= 0.3 is 5.97 Å². The largest absolute Gasteiger partial charge is 0.467 e. The predicted octanol–water partition coefficient (Wildman–Crippen LogP) is 1.67. The molecule has 0 unspecified atom stereocenters. The zero-order valence-electron chi connectivity index (χ0n) is 22.0. The molecule has 11 heteroatoms. The van der Waals surface area contributed by atoms with Crippen LogP contribution in [0.3, 0.4) is 0 Å². The van der Waals surface area contributed by atoms with Gasteiger partial charge in [-0.25, -0.2) is 9.78 Å². The van der Waals surface area contributed by atoms with E-state index < -0.39 is 29.7 Å². The van der Waals surface area contributed by atoms with Crippen molar-refractivity contribution in [1.82, 2.24) is 25.1 Å². The van der Waals surface area contributed by atoms with Crippen LogP contribution in [0.5, 0.6) is 0 Å². The van der Waals surface area contributed by atoms with E-state index in [1.807, 2.05) is 30.3 Å². The molecule has 1 aromatic carbocycles. The zero-order valence-corrected chi connectivity index (χ0v) is 22.0. The van der Waals surface area contributed by atoms with E-state index in [4.69, 9.17) is 4.74 Å². The predicted molar refractivity (Wildman–Crippen MR) is 145 cm³/mol. The number of para-hydroxylation sites is 1. The first-order valence-corrected chi connectivity index (χ1v) is 13.1. The van der Waals surface area contributed by atoms with E-state index in [-0.39, 0.29) is 37.4 Å². The van der Waals surface area contributed by atoms with Gasteiger partial charge in [-0.15, -0.1) is 0 Å². The first kappa shape index (κ1) is 26.8. The van der Waals surface area contributed by atoms with Crippen molar-refractivity contribution < 1.29 is 28.7 Å². The van der Waals surface area contributed by atoms with Crippen LogP contribution in [0.25, 0.3) is 22.3 Å². The molecule has 2 aliphatic rings. The maximum Gasteiger partial charge on any atom is 0.328 e. The molecule has 40 heavy (non-hydrogen) atoms. The number of pyridine rings is 1. The first-order chi connectivity index (χ1) is 19.4. The van der Waals surface area contributed by atoms with Gasteiger partial charge in [0.05, 0.1) is 30.4 Å². The Bertz CT molecular complexity index is 1530. The molecule has 4 heterocycles. The Morgan fingerprint density at radius 2 is 1.80 bits per heavy atom. The highest BCUT2D eigenvalue weighted by molar-refractivity contribution is 6.34. The molecule has 0 spiro atoms. The molecule has 0 radical (unpaired) electrons. The quantitative estimate of drug-likeness (QED) is 0.370. The van der Waals surface area contributed by atoms with Gasteiger partial charge < -0.3 is 15.4 Å². The summed E-state index contributed by atoms with van der Waals surface area (Å²) in [5, 5.41) is 5.96. The van der Waals surface area contributed by atoms with Crippen LogP contribution in [0, 0.1) is 0 Å². The highest BCUT2D eigenvalue weighted by Crippen LogP contribution is 2.37. The number of nitrogens with zero attached hydrogens (tertiary/aromatic N) is 3. The van der Waals surface area contributed by atoms with Crippen LogP contribution in [0.15, 0.2) is 54.7 Å². The Morgan fingerprint density at radius 3 is 2.58 bits per heavy atom. The van der Waals surface area contributed by atoms with Crippen molar-refractivity contribution >= 4 is 46.1 Å². The van der Waals surface area contributed by atoms with Gasteiger partial charge in [0.25, 0.3) is 11.8 Å². The number of carbonyl (C=O) groups is 5. The van der Waals surface area contributed by atoms with Crippen molar-refractivity contribution in [3.8, 4) is 5.82 Å². The van der Waals surface area contributed by atoms with Crippen molar-refractivity contribution in [2.45, 2.75) is 38.1 Å². The number of imide groups is 1. The minimum Gasteiger partial charge on any atom is -0.467 e. The van der Waals surface area contributed by atoms with Crippen molar-refractivity contribution in [2.24, 2.45) is 0 Å². The molecule has 3 aromatic rings. The third kappa shape index (κ3) is 5.22. The van der Waals surface area contributed by atoms with Gasteiger partial charge in [-0.05, 0) is 36.6 Å². The summed E-state index contributed by atoms with van der Waals surface area (Å²) < 4.78 is 6.80. The van der Waals surface area contributed by atoms with Crippen molar-refractivity contribution in [1.29, 1.82) is 0 Å². The third-order valence-electron chi connectivity index (χ3n) is 7.08. The molecule has 1 atom stereocenters. The van der Waals surface area contributed by atoms with Crippen LogP contribution in [0.4, 0.5) is 0 Å². The number of hydrogen-bond donors (Lipinski definition) is 2. The van der Waals surface area contributed by atoms with E-state index in [1.54, 1.807) is 22.9 Å². The lowest BCUT2D eigenvalue weighted by atomic mass is 9.98. The highest BCUT2D eigenvalue weighted by atomic mass is 16.5. The topological polar surface area (TPSA) is 140 Å². The lowest BCUT2D eigenvalue weighted by Crippen LogP contribution is -2.47. The zero-order chi connectivity index (χ0) is 28.2. The Hall–Kier alpha value is -4.80. The average molecular weight is 544 g/mol. The Balaban J connectivity index is 1.71. The first-order valence-electron chi connectivity index (χ1n) is 13.1. The molecule has 0 saturated carbocycles. The minimum atomic E-state index is -1.13. The molecule has 206 valence electrons. The van der Waals surface area contributed by atoms with Gasteiger partial charge in [-0.2, -0.15) is 0 Å². The van der Waals surface area contributed by atoms with E-state index in [9.17, 15) is 24.0 Å². The maximum absolute atomic E-state index is 13.7. The number of rotatable bonds is 2. The van der Waals surface area contributed by atoms with Gasteiger partial charge in [-0.3, -0.25) is 28.6 Å². The molecule has 4 amide bonds. The van der Waals surface area contributed by atoms with Crippen LogP contribution in [-0.4, -0.2) is 70.3 Å². The monoisotopic (exact) mass is 543 g/mol. The van der Waals surface area contributed by atoms with Gasteiger partial charge in [0.15, 0.2) is 0 Å². The summed E-state index contributed by atoms with van der Waals surface area (Å²) >= 11 is 0. The summed E-state index contributed by atoms with van der Waals surface area (Å²) in [4.78, 5) is 70.4. The number of esters is 1. The van der Waals surface area contributed by atoms with E-state index >= 15 is 0 Å². The number of benzene rings is 1. The SMILES string of the molecule is COC(=O)[C@@H]1Cc2c(n(-c3ccccn3)c3ccccc23)C2=CC(=O)N(CCCCCC(=O)NCC(=O)N1)C2=O. The third-order valence-corrected chi connectivity index (χ3v) is 7.08. The fraction of sp³-hybridized carbons (Fsp3) is 0.310. The molecule has 0 aliphatic carbocycles. The van der Waals surface area contributed by atoms with Crippen LogP contribution < -0.4 is 10.6 Å². The summed E-state index contributed by atoms with van der Waals surface area (Å²) in [5.74, 6) is -1.91. The molecule has 2 aliphatic heterocycles. The molecule has 0 fully saturated rings. The van der Waals surface area contributed by atoms with E-state index in [0.29, 0.717) is 41.9 Å². The van der Waals surface area contributed by atoms with E-state index in [0.717, 1.165) is 5.39 Å². The van der Waals surface area contributed by atoms with Crippen LogP contribution in [-0.2, 0) is 35.1 Å². The number of methoxy groups -OCH3 is 1. The number of aromatic nitrogens is 2. The van der Waals surface area contributed by atoms with Gasteiger partial charge in [0, 0.05) is 37.0 Å². The molecule has 5 rings (SSSR count). The summed E-state index contributed by atoms with van der Waals surface area (Å²) in [5.41, 5.74) is 1.88. The van der Waals surface area contributed by atoms with Gasteiger partial charge in [0.1, 0.15) is 11.9 Å². The molecule has 2 bridgehead atoms. The summed E-state index contributed by atoms with van der Waals surface area (Å²) in [6.07, 6.45) is 4.80. The molecular weight excluding hydrogens is 514 g/mol. The molecule has 2 N–H and O–H groups in total. The second kappa shape index (κ2) is 11.5. The highest BCUT2D eigenvalue weighted by Gasteiger charge is 2.37. The number of carbonyl (C=O) groups excluding carboxylic acids is 5. The number of nitrogens with one attached hydrogen (secondary N) is 2. The van der Waals surface area contributed by atoms with Crippen LogP contribution in [0.1, 0.15) is 36.9 Å². The van der Waals surface area contributed by atoms with Crippen molar-refractivity contribution in [3.63, 3.8) is 0 Å². The molecule has 0 saturated heterocycles.